The van der Waals surface area contributed by atoms with Gasteiger partial charge in [0.05, 0.1) is 10.7 Å². The van der Waals surface area contributed by atoms with Gasteiger partial charge >= 0.3 is 6.08 Å². The summed E-state index contributed by atoms with van der Waals surface area (Å²) in [6.07, 6.45) is 0.251. The topological polar surface area (TPSA) is 50.7 Å². The summed E-state index contributed by atoms with van der Waals surface area (Å²) in [6.45, 7) is 0. The molecule has 2 rings (SSSR count). The van der Waals surface area contributed by atoms with E-state index >= 15 is 0 Å². The minimum atomic E-state index is -0.834. The first kappa shape index (κ1) is 9.79. The molecule has 0 radical (unpaired) electrons. The molecule has 4 nitrogen and oxygen atoms in total. The molecule has 0 saturated heterocycles. The van der Waals surface area contributed by atoms with E-state index in [0.717, 1.165) is 6.33 Å². The number of hydrogen-bond donors (Lipinski definition) is 1. The molecular weight excluding hydrogens is 219 g/mol. The lowest BCUT2D eigenvalue weighted by molar-refractivity contribution is 0.534. The molecule has 0 spiro atoms. The van der Waals surface area contributed by atoms with Crippen molar-refractivity contribution in [3.63, 3.8) is 0 Å². The van der Waals surface area contributed by atoms with Crippen LogP contribution in [0.25, 0.3) is 0 Å². The molecule has 15 heavy (non-hydrogen) atoms. The molecule has 0 aliphatic heterocycles. The van der Waals surface area contributed by atoms with Crippen molar-refractivity contribution >= 4 is 23.2 Å². The van der Waals surface area contributed by atoms with Crippen LogP contribution in [0.2, 0.25) is 5.02 Å². The third kappa shape index (κ3) is 2.38. The number of anilines is 2. The van der Waals surface area contributed by atoms with Crippen LogP contribution >= 0.6 is 11.6 Å². The van der Waals surface area contributed by atoms with Gasteiger partial charge in [-0.15, -0.1) is 0 Å². The van der Waals surface area contributed by atoms with Gasteiger partial charge in [0.2, 0.25) is 5.95 Å². The van der Waals surface area contributed by atoms with E-state index in [4.69, 9.17) is 11.6 Å². The molecule has 6 heteroatoms. The van der Waals surface area contributed by atoms with Crippen molar-refractivity contribution in [1.29, 1.82) is 0 Å². The number of nitrogens with one attached hydrogen (secondary N) is 1. The Kier molecular flexibility index (Phi) is 2.73. The highest BCUT2D eigenvalue weighted by molar-refractivity contribution is 6.33. The Morgan fingerprint density at radius 1 is 1.20 bits per heavy atom. The van der Waals surface area contributed by atoms with Gasteiger partial charge in [-0.1, -0.05) is 23.7 Å². The number of halogens is 2. The lowest BCUT2D eigenvalue weighted by atomic mass is 10.3. The maximum Gasteiger partial charge on any atom is 0.313 e. The van der Waals surface area contributed by atoms with Crippen LogP contribution in [0.1, 0.15) is 0 Å². The zero-order valence-electron chi connectivity index (χ0n) is 7.48. The average molecular weight is 225 g/mol. The van der Waals surface area contributed by atoms with E-state index in [9.17, 15) is 4.39 Å². The molecule has 1 aromatic carbocycles. The normalized spacial score (nSPS) is 10.0. The SMILES string of the molecule is Fc1ncnc(Nc2ccccc2Cl)n1. The lowest BCUT2D eigenvalue weighted by Gasteiger charge is -2.05. The summed E-state index contributed by atoms with van der Waals surface area (Å²) in [5.41, 5.74) is 0.616. The molecule has 0 amide bonds. The van der Waals surface area contributed by atoms with Crippen LogP contribution in [0.5, 0.6) is 0 Å². The molecule has 0 bridgehead atoms. The smallest absolute Gasteiger partial charge is 0.313 e. The average Bonchev–Trinajstić information content (AvgIpc) is 2.22. The van der Waals surface area contributed by atoms with E-state index in [1.807, 2.05) is 0 Å². The first-order valence-corrected chi connectivity index (χ1v) is 4.49. The molecule has 0 aliphatic carbocycles. The van der Waals surface area contributed by atoms with Crippen molar-refractivity contribution in [3.05, 3.63) is 41.7 Å². The minimum Gasteiger partial charge on any atom is -0.323 e. The second-order valence-corrected chi connectivity index (χ2v) is 3.09. The van der Waals surface area contributed by atoms with Crippen molar-refractivity contribution in [2.45, 2.75) is 0 Å². The van der Waals surface area contributed by atoms with Crippen LogP contribution in [0.4, 0.5) is 16.0 Å². The van der Waals surface area contributed by atoms with Gasteiger partial charge < -0.3 is 5.32 Å². The van der Waals surface area contributed by atoms with Gasteiger partial charge in [0, 0.05) is 0 Å². The predicted octanol–water partition coefficient (Wildman–Crippen LogP) is 2.41. The molecule has 76 valence electrons. The van der Waals surface area contributed by atoms with Crippen molar-refractivity contribution in [1.82, 2.24) is 15.0 Å². The number of benzene rings is 1. The van der Waals surface area contributed by atoms with E-state index in [2.05, 4.69) is 20.3 Å². The maximum absolute atomic E-state index is 12.6. The Balaban J connectivity index is 2.26. The van der Waals surface area contributed by atoms with Crippen LogP contribution in [-0.2, 0) is 0 Å². The Morgan fingerprint density at radius 2 is 2.00 bits per heavy atom. The maximum atomic E-state index is 12.6. The highest BCUT2D eigenvalue weighted by Crippen LogP contribution is 2.22. The first-order valence-electron chi connectivity index (χ1n) is 4.12. The Morgan fingerprint density at radius 3 is 2.73 bits per heavy atom. The number of para-hydroxylation sites is 1. The largest absolute Gasteiger partial charge is 0.323 e. The summed E-state index contributed by atoms with van der Waals surface area (Å²) < 4.78 is 12.6. The molecular formula is C9H6ClFN4. The van der Waals surface area contributed by atoms with E-state index < -0.39 is 6.08 Å². The van der Waals surface area contributed by atoms with Crippen LogP contribution in [0, 0.1) is 6.08 Å². The molecule has 1 heterocycles. The minimum absolute atomic E-state index is 0.121. The van der Waals surface area contributed by atoms with Gasteiger partial charge in [-0.25, -0.2) is 4.98 Å². The summed E-state index contributed by atoms with van der Waals surface area (Å²) in [7, 11) is 0. The second-order valence-electron chi connectivity index (χ2n) is 2.68. The van der Waals surface area contributed by atoms with Gasteiger partial charge in [-0.05, 0) is 12.1 Å². The zero-order chi connectivity index (χ0) is 10.7. The number of nitrogens with zero attached hydrogens (tertiary/aromatic N) is 3. The predicted molar refractivity (Wildman–Crippen MR) is 54.5 cm³/mol. The summed E-state index contributed by atoms with van der Waals surface area (Å²) in [5, 5.41) is 3.29. The molecule has 0 unspecified atom stereocenters. The summed E-state index contributed by atoms with van der Waals surface area (Å²) in [6, 6.07) is 7.04. The zero-order valence-corrected chi connectivity index (χ0v) is 8.24. The van der Waals surface area contributed by atoms with Crippen LogP contribution in [-0.4, -0.2) is 15.0 Å². The number of rotatable bonds is 2. The Hall–Kier alpha value is -1.75. The third-order valence-electron chi connectivity index (χ3n) is 1.66. The lowest BCUT2D eigenvalue weighted by Crippen LogP contribution is -2.00. The van der Waals surface area contributed by atoms with Gasteiger partial charge in [0.1, 0.15) is 6.33 Å². The number of aromatic nitrogens is 3. The van der Waals surface area contributed by atoms with Crippen molar-refractivity contribution in [2.75, 3.05) is 5.32 Å². The highest BCUT2D eigenvalue weighted by atomic mass is 35.5. The molecule has 0 fully saturated rings. The molecule has 1 N–H and O–H groups in total. The monoisotopic (exact) mass is 224 g/mol. The van der Waals surface area contributed by atoms with Gasteiger partial charge in [0.15, 0.2) is 0 Å². The Bertz CT molecular complexity index is 477. The van der Waals surface area contributed by atoms with Crippen LogP contribution < -0.4 is 5.32 Å². The highest BCUT2D eigenvalue weighted by Gasteiger charge is 2.02. The molecule has 0 atom stereocenters. The third-order valence-corrected chi connectivity index (χ3v) is 1.99. The van der Waals surface area contributed by atoms with Gasteiger partial charge in [-0.3, -0.25) is 0 Å². The number of hydrogen-bond acceptors (Lipinski definition) is 4. The first-order chi connectivity index (χ1) is 7.25. The van der Waals surface area contributed by atoms with E-state index in [1.54, 1.807) is 24.3 Å². The molecule has 0 saturated carbocycles. The molecule has 1 aromatic heterocycles. The molecule has 0 aliphatic rings. The van der Waals surface area contributed by atoms with E-state index in [1.165, 1.54) is 0 Å². The quantitative estimate of drug-likeness (QED) is 0.851. The summed E-state index contributed by atoms with van der Waals surface area (Å²) in [5.74, 6) is 0.121. The van der Waals surface area contributed by atoms with E-state index in [-0.39, 0.29) is 5.95 Å². The molecule has 2 aromatic rings. The van der Waals surface area contributed by atoms with Crippen LogP contribution in [0.15, 0.2) is 30.6 Å². The van der Waals surface area contributed by atoms with Gasteiger partial charge in [-0.2, -0.15) is 14.4 Å². The fraction of sp³-hybridized carbons (Fsp3) is 0. The second kappa shape index (κ2) is 4.18. The van der Waals surface area contributed by atoms with Crippen molar-refractivity contribution < 1.29 is 4.39 Å². The fourth-order valence-electron chi connectivity index (χ4n) is 1.02. The standard InChI is InChI=1S/C9H6ClFN4/c10-6-3-1-2-4-7(6)14-9-13-5-12-8(11)15-9/h1-5H,(H,12,13,14,15). The van der Waals surface area contributed by atoms with Crippen molar-refractivity contribution in [2.24, 2.45) is 0 Å². The summed E-state index contributed by atoms with van der Waals surface area (Å²) in [4.78, 5) is 10.4. The van der Waals surface area contributed by atoms with Gasteiger partial charge in [0.25, 0.3) is 0 Å². The fourth-order valence-corrected chi connectivity index (χ4v) is 1.20. The van der Waals surface area contributed by atoms with E-state index in [0.29, 0.717) is 10.7 Å². The Labute approximate surface area is 90.2 Å². The van der Waals surface area contributed by atoms with Crippen molar-refractivity contribution in [3.8, 4) is 0 Å². The summed E-state index contributed by atoms with van der Waals surface area (Å²) >= 11 is 5.89. The van der Waals surface area contributed by atoms with Crippen LogP contribution in [0.3, 0.4) is 0 Å².